The molecule has 1 aromatic heterocycles. The van der Waals surface area contributed by atoms with Gasteiger partial charge in [-0.25, -0.2) is 9.67 Å². The first-order chi connectivity index (χ1) is 14.0. The van der Waals surface area contributed by atoms with Gasteiger partial charge in [-0.15, -0.1) is 5.10 Å². The van der Waals surface area contributed by atoms with Gasteiger partial charge in [0.1, 0.15) is 0 Å². The lowest BCUT2D eigenvalue weighted by Crippen LogP contribution is -2.15. The van der Waals surface area contributed by atoms with Gasteiger partial charge in [0.2, 0.25) is 5.82 Å². The Morgan fingerprint density at radius 1 is 0.966 bits per heavy atom. The van der Waals surface area contributed by atoms with E-state index >= 15 is 0 Å². The Balaban J connectivity index is 1.74. The fraction of sp³-hybridized carbons (Fsp3) is 0.0870. The molecule has 144 valence electrons. The third kappa shape index (κ3) is 4.05. The summed E-state index contributed by atoms with van der Waals surface area (Å²) in [7, 11) is 0. The van der Waals surface area contributed by atoms with Crippen LogP contribution in [-0.2, 0) is 0 Å². The molecular weight excluding hydrogens is 384 g/mol. The van der Waals surface area contributed by atoms with Crippen LogP contribution in [0, 0.1) is 13.8 Å². The van der Waals surface area contributed by atoms with Crippen molar-refractivity contribution in [3.63, 3.8) is 0 Å². The number of rotatable bonds is 4. The van der Waals surface area contributed by atoms with Gasteiger partial charge in [0, 0.05) is 16.3 Å². The van der Waals surface area contributed by atoms with E-state index in [4.69, 9.17) is 11.6 Å². The molecule has 0 saturated carbocycles. The van der Waals surface area contributed by atoms with Crippen LogP contribution in [0.1, 0.15) is 21.7 Å². The molecule has 4 rings (SSSR count). The molecule has 1 N–H and O–H groups in total. The molecule has 0 bridgehead atoms. The molecule has 0 spiro atoms. The lowest BCUT2D eigenvalue weighted by Gasteiger charge is -2.07. The highest BCUT2D eigenvalue weighted by Crippen LogP contribution is 2.23. The molecule has 0 aliphatic heterocycles. The average molecular weight is 403 g/mol. The van der Waals surface area contributed by atoms with E-state index in [-0.39, 0.29) is 11.7 Å². The van der Waals surface area contributed by atoms with Crippen LogP contribution in [0.4, 0.5) is 5.69 Å². The first-order valence-corrected chi connectivity index (χ1v) is 9.56. The van der Waals surface area contributed by atoms with E-state index in [0.29, 0.717) is 10.8 Å². The molecule has 3 aromatic carbocycles. The quantitative estimate of drug-likeness (QED) is 0.493. The lowest BCUT2D eigenvalue weighted by atomic mass is 10.1. The third-order valence-electron chi connectivity index (χ3n) is 4.54. The van der Waals surface area contributed by atoms with Gasteiger partial charge in [0.05, 0.1) is 5.69 Å². The van der Waals surface area contributed by atoms with Gasteiger partial charge in [-0.2, -0.15) is 0 Å². The molecule has 4 aromatic rings. The molecule has 0 saturated heterocycles. The molecule has 0 radical (unpaired) electrons. The van der Waals surface area contributed by atoms with E-state index in [0.717, 1.165) is 28.1 Å². The van der Waals surface area contributed by atoms with Gasteiger partial charge in [0.25, 0.3) is 5.91 Å². The Bertz CT molecular complexity index is 1170. The molecule has 0 unspecified atom stereocenters. The van der Waals surface area contributed by atoms with E-state index in [2.05, 4.69) is 15.4 Å². The van der Waals surface area contributed by atoms with Crippen LogP contribution < -0.4 is 5.32 Å². The third-order valence-corrected chi connectivity index (χ3v) is 4.80. The predicted octanol–water partition coefficient (Wildman–Crippen LogP) is 5.46. The Hall–Kier alpha value is -3.44. The van der Waals surface area contributed by atoms with Gasteiger partial charge >= 0.3 is 0 Å². The monoisotopic (exact) mass is 402 g/mol. The summed E-state index contributed by atoms with van der Waals surface area (Å²) in [6.07, 6.45) is 0. The van der Waals surface area contributed by atoms with Crippen molar-refractivity contribution in [2.75, 3.05) is 5.32 Å². The molecule has 6 heteroatoms. The molecule has 1 heterocycles. The van der Waals surface area contributed by atoms with Gasteiger partial charge < -0.3 is 5.32 Å². The van der Waals surface area contributed by atoms with Crippen LogP contribution in [0.5, 0.6) is 0 Å². The summed E-state index contributed by atoms with van der Waals surface area (Å²) < 4.78 is 1.66. The summed E-state index contributed by atoms with van der Waals surface area (Å²) in [4.78, 5) is 17.4. The SMILES string of the molecule is Cc1ccc(NC(=O)c2nc(-c3ccccc3)n(-c3ccc(Cl)cc3)n2)c(C)c1. The normalized spacial score (nSPS) is 10.7. The molecular formula is C23H19ClN4O. The highest BCUT2D eigenvalue weighted by atomic mass is 35.5. The van der Waals surface area contributed by atoms with Crippen molar-refractivity contribution in [3.05, 3.63) is 94.8 Å². The van der Waals surface area contributed by atoms with Gasteiger partial charge in [-0.05, 0) is 49.7 Å². The standard InChI is InChI=1S/C23H19ClN4O/c1-15-8-13-20(16(2)14-15)25-23(29)21-26-22(17-6-4-3-5-7-17)28(27-21)19-11-9-18(24)10-12-19/h3-14H,1-2H3,(H,25,29). The Labute approximate surface area is 174 Å². The summed E-state index contributed by atoms with van der Waals surface area (Å²) in [5.74, 6) is 0.319. The summed E-state index contributed by atoms with van der Waals surface area (Å²) in [6.45, 7) is 3.97. The number of nitrogens with one attached hydrogen (secondary N) is 1. The van der Waals surface area contributed by atoms with Crippen LogP contribution in [0.2, 0.25) is 5.02 Å². The maximum atomic E-state index is 12.9. The second-order valence-corrected chi connectivity index (χ2v) is 7.22. The largest absolute Gasteiger partial charge is 0.319 e. The van der Waals surface area contributed by atoms with Crippen LogP contribution in [0.3, 0.4) is 0 Å². The fourth-order valence-corrected chi connectivity index (χ4v) is 3.20. The summed E-state index contributed by atoms with van der Waals surface area (Å²) in [5, 5.41) is 8.02. The number of hydrogen-bond donors (Lipinski definition) is 1. The summed E-state index contributed by atoms with van der Waals surface area (Å²) in [5.41, 5.74) is 4.49. The Morgan fingerprint density at radius 3 is 2.38 bits per heavy atom. The maximum absolute atomic E-state index is 12.9. The second kappa shape index (κ2) is 7.89. The number of aromatic nitrogens is 3. The minimum Gasteiger partial charge on any atom is -0.319 e. The van der Waals surface area contributed by atoms with E-state index < -0.39 is 0 Å². The number of carbonyl (C=O) groups excluding carboxylic acids is 1. The first-order valence-electron chi connectivity index (χ1n) is 9.18. The fourth-order valence-electron chi connectivity index (χ4n) is 3.08. The number of anilines is 1. The minimum atomic E-state index is -0.359. The molecule has 0 aliphatic rings. The zero-order valence-corrected chi connectivity index (χ0v) is 16.8. The zero-order valence-electron chi connectivity index (χ0n) is 16.1. The summed E-state index contributed by atoms with van der Waals surface area (Å²) >= 11 is 6.02. The van der Waals surface area contributed by atoms with Crippen LogP contribution in [0.15, 0.2) is 72.8 Å². The van der Waals surface area contributed by atoms with Crippen molar-refractivity contribution in [2.24, 2.45) is 0 Å². The van der Waals surface area contributed by atoms with Crippen LogP contribution in [-0.4, -0.2) is 20.7 Å². The van der Waals surface area contributed by atoms with Gasteiger partial charge in [-0.3, -0.25) is 4.79 Å². The number of benzene rings is 3. The molecule has 0 aliphatic carbocycles. The second-order valence-electron chi connectivity index (χ2n) is 6.79. The highest BCUT2D eigenvalue weighted by molar-refractivity contribution is 6.30. The van der Waals surface area contributed by atoms with Crippen LogP contribution in [0.25, 0.3) is 17.1 Å². The predicted molar refractivity (Wildman–Crippen MR) is 116 cm³/mol. The molecule has 5 nitrogen and oxygen atoms in total. The minimum absolute atomic E-state index is 0.0961. The zero-order chi connectivity index (χ0) is 20.4. The van der Waals surface area contributed by atoms with E-state index in [1.54, 1.807) is 16.8 Å². The van der Waals surface area contributed by atoms with Gasteiger partial charge in [-0.1, -0.05) is 59.6 Å². The lowest BCUT2D eigenvalue weighted by molar-refractivity contribution is 0.101. The average Bonchev–Trinajstić information content (AvgIpc) is 3.17. The molecule has 0 atom stereocenters. The van der Waals surface area contributed by atoms with E-state index in [1.807, 2.05) is 74.5 Å². The Kier molecular flexibility index (Phi) is 5.14. The number of hydrogen-bond acceptors (Lipinski definition) is 3. The molecule has 0 fully saturated rings. The van der Waals surface area contributed by atoms with Crippen molar-refractivity contribution < 1.29 is 4.79 Å². The van der Waals surface area contributed by atoms with E-state index in [1.165, 1.54) is 0 Å². The molecule has 29 heavy (non-hydrogen) atoms. The van der Waals surface area contributed by atoms with Crippen molar-refractivity contribution in [1.82, 2.24) is 14.8 Å². The number of aryl methyl sites for hydroxylation is 2. The van der Waals surface area contributed by atoms with Crippen molar-refractivity contribution in [2.45, 2.75) is 13.8 Å². The van der Waals surface area contributed by atoms with Crippen molar-refractivity contribution >= 4 is 23.2 Å². The van der Waals surface area contributed by atoms with Crippen molar-refractivity contribution in [1.29, 1.82) is 0 Å². The summed E-state index contributed by atoms with van der Waals surface area (Å²) in [6, 6.07) is 22.7. The number of halogens is 1. The number of nitrogens with zero attached hydrogens (tertiary/aromatic N) is 3. The highest BCUT2D eigenvalue weighted by Gasteiger charge is 2.19. The maximum Gasteiger partial charge on any atom is 0.295 e. The topological polar surface area (TPSA) is 59.8 Å². The molecule has 1 amide bonds. The number of carbonyl (C=O) groups is 1. The number of amides is 1. The van der Waals surface area contributed by atoms with Gasteiger partial charge in [0.15, 0.2) is 5.82 Å². The first kappa shape index (κ1) is 18.9. The smallest absolute Gasteiger partial charge is 0.295 e. The Morgan fingerprint density at radius 2 is 1.69 bits per heavy atom. The van der Waals surface area contributed by atoms with Crippen LogP contribution >= 0.6 is 11.6 Å². The van der Waals surface area contributed by atoms with E-state index in [9.17, 15) is 4.79 Å². The van der Waals surface area contributed by atoms with Crippen molar-refractivity contribution in [3.8, 4) is 17.1 Å².